The molecule has 0 bridgehead atoms. The molecule has 1 aliphatic heterocycles. The second kappa shape index (κ2) is 7.26. The van der Waals surface area contributed by atoms with Gasteiger partial charge in [-0.15, -0.1) is 0 Å². The molecule has 1 aliphatic rings. The highest BCUT2D eigenvalue weighted by atomic mass is 19.4. The van der Waals surface area contributed by atoms with E-state index in [1.807, 2.05) is 6.92 Å². The first-order valence-electron chi connectivity index (χ1n) is 9.11. The van der Waals surface area contributed by atoms with Crippen molar-refractivity contribution in [1.82, 2.24) is 19.9 Å². The molecule has 1 saturated heterocycles. The Morgan fingerprint density at radius 2 is 2.03 bits per heavy atom. The maximum atomic E-state index is 13.3. The van der Waals surface area contributed by atoms with Gasteiger partial charge in [0, 0.05) is 37.1 Å². The van der Waals surface area contributed by atoms with Crippen molar-refractivity contribution in [3.63, 3.8) is 0 Å². The second-order valence-corrected chi connectivity index (χ2v) is 6.93. The number of hydrogen-bond acceptors (Lipinski definition) is 4. The smallest absolute Gasteiger partial charge is 0.369 e. The molecule has 3 aromatic rings. The van der Waals surface area contributed by atoms with Crippen LogP contribution in [0.1, 0.15) is 17.7 Å². The van der Waals surface area contributed by atoms with E-state index in [2.05, 4.69) is 20.7 Å². The van der Waals surface area contributed by atoms with Crippen LogP contribution in [0.2, 0.25) is 0 Å². The molecule has 0 saturated carbocycles. The Kier molecular flexibility index (Phi) is 4.77. The Hall–Kier alpha value is -3.30. The summed E-state index contributed by atoms with van der Waals surface area (Å²) in [6.07, 6.45) is -2.31. The number of nitrogens with zero attached hydrogens (tertiary/aromatic N) is 4. The van der Waals surface area contributed by atoms with Crippen molar-refractivity contribution in [1.29, 1.82) is 0 Å². The van der Waals surface area contributed by atoms with Crippen LogP contribution in [0.25, 0.3) is 5.65 Å². The number of aryl methyl sites for hydroxylation is 1. The molecule has 0 radical (unpaired) electrons. The zero-order valence-electron chi connectivity index (χ0n) is 15.6. The number of anilines is 2. The van der Waals surface area contributed by atoms with Gasteiger partial charge in [0.1, 0.15) is 5.82 Å². The van der Waals surface area contributed by atoms with Crippen LogP contribution in [0.4, 0.5) is 29.5 Å². The SMILES string of the molecule is Cc1cc2nccc(NC(=O)NC3CCN(c4ccccc4C(F)(F)F)C3)n2n1. The number of aromatic nitrogens is 3. The minimum absolute atomic E-state index is 0.132. The van der Waals surface area contributed by atoms with Crippen LogP contribution in [-0.4, -0.2) is 39.8 Å². The summed E-state index contributed by atoms with van der Waals surface area (Å²) in [7, 11) is 0. The van der Waals surface area contributed by atoms with E-state index in [4.69, 9.17) is 0 Å². The number of halogens is 3. The van der Waals surface area contributed by atoms with Crippen LogP contribution in [0.3, 0.4) is 0 Å². The average Bonchev–Trinajstić information content (AvgIpc) is 3.27. The summed E-state index contributed by atoms with van der Waals surface area (Å²) in [4.78, 5) is 18.2. The van der Waals surface area contributed by atoms with Crippen LogP contribution >= 0.6 is 0 Å². The van der Waals surface area contributed by atoms with Crippen LogP contribution in [0.15, 0.2) is 42.6 Å². The molecule has 1 atom stereocenters. The van der Waals surface area contributed by atoms with E-state index in [0.29, 0.717) is 31.0 Å². The number of para-hydroxylation sites is 1. The van der Waals surface area contributed by atoms with E-state index < -0.39 is 17.8 Å². The van der Waals surface area contributed by atoms with Crippen molar-refractivity contribution in [2.24, 2.45) is 0 Å². The first kappa shape index (κ1) is 19.0. The zero-order valence-corrected chi connectivity index (χ0v) is 15.6. The molecule has 2 aromatic heterocycles. The molecule has 152 valence electrons. The lowest BCUT2D eigenvalue weighted by Crippen LogP contribution is -2.40. The molecule has 7 nitrogen and oxygen atoms in total. The third-order valence-corrected chi connectivity index (χ3v) is 4.80. The first-order valence-corrected chi connectivity index (χ1v) is 9.11. The Morgan fingerprint density at radius 1 is 1.24 bits per heavy atom. The molecule has 2 N–H and O–H groups in total. The Balaban J connectivity index is 1.42. The summed E-state index contributed by atoms with van der Waals surface area (Å²) in [5.41, 5.74) is 0.837. The van der Waals surface area contributed by atoms with Gasteiger partial charge in [0.2, 0.25) is 0 Å². The standard InChI is InChI=1S/C19H19F3N6O/c1-12-10-17-23-8-6-16(28(17)26-12)25-18(29)24-13-7-9-27(11-13)15-5-3-2-4-14(15)19(20,21)22/h2-6,8,10,13H,7,9,11H2,1H3,(H2,24,25,29). The summed E-state index contributed by atoms with van der Waals surface area (Å²) in [5.74, 6) is 0.456. The third-order valence-electron chi connectivity index (χ3n) is 4.80. The maximum absolute atomic E-state index is 13.3. The molecule has 1 fully saturated rings. The molecule has 1 aromatic carbocycles. The van der Waals surface area contributed by atoms with Crippen LogP contribution < -0.4 is 15.5 Å². The molecule has 2 amide bonds. The molecule has 0 spiro atoms. The quantitative estimate of drug-likeness (QED) is 0.701. The summed E-state index contributed by atoms with van der Waals surface area (Å²) >= 11 is 0. The van der Waals surface area contributed by atoms with Gasteiger partial charge in [-0.2, -0.15) is 22.8 Å². The number of urea groups is 1. The van der Waals surface area contributed by atoms with Gasteiger partial charge in [-0.25, -0.2) is 9.78 Å². The fraction of sp³-hybridized carbons (Fsp3) is 0.316. The molecular weight excluding hydrogens is 385 g/mol. The topological polar surface area (TPSA) is 74.6 Å². The van der Waals surface area contributed by atoms with Crippen molar-refractivity contribution in [3.8, 4) is 0 Å². The lowest BCUT2D eigenvalue weighted by molar-refractivity contribution is -0.137. The number of rotatable bonds is 3. The highest BCUT2D eigenvalue weighted by Crippen LogP contribution is 2.37. The van der Waals surface area contributed by atoms with Crippen LogP contribution in [0.5, 0.6) is 0 Å². The minimum Gasteiger partial charge on any atom is -0.369 e. The van der Waals surface area contributed by atoms with Crippen molar-refractivity contribution < 1.29 is 18.0 Å². The predicted molar refractivity (Wildman–Crippen MR) is 102 cm³/mol. The van der Waals surface area contributed by atoms with Gasteiger partial charge in [-0.1, -0.05) is 12.1 Å². The van der Waals surface area contributed by atoms with Crippen molar-refractivity contribution >= 4 is 23.2 Å². The Morgan fingerprint density at radius 3 is 2.83 bits per heavy atom. The van der Waals surface area contributed by atoms with E-state index in [1.54, 1.807) is 29.3 Å². The maximum Gasteiger partial charge on any atom is 0.418 e. The van der Waals surface area contributed by atoms with Gasteiger partial charge in [-0.05, 0) is 31.5 Å². The molecule has 29 heavy (non-hydrogen) atoms. The predicted octanol–water partition coefficient (Wildman–Crippen LogP) is 3.46. The third kappa shape index (κ3) is 3.96. The first-order chi connectivity index (χ1) is 13.8. The number of carbonyl (C=O) groups is 1. The lowest BCUT2D eigenvalue weighted by atomic mass is 10.1. The van der Waals surface area contributed by atoms with E-state index in [9.17, 15) is 18.0 Å². The largest absolute Gasteiger partial charge is 0.418 e. The van der Waals surface area contributed by atoms with E-state index in [-0.39, 0.29) is 11.7 Å². The van der Waals surface area contributed by atoms with Crippen molar-refractivity contribution in [3.05, 3.63) is 53.9 Å². The number of benzene rings is 1. The van der Waals surface area contributed by atoms with Crippen LogP contribution in [-0.2, 0) is 6.18 Å². The van der Waals surface area contributed by atoms with Gasteiger partial charge in [-0.3, -0.25) is 5.32 Å². The number of carbonyl (C=O) groups excluding carboxylic acids is 1. The molecule has 10 heteroatoms. The zero-order chi connectivity index (χ0) is 20.6. The van der Waals surface area contributed by atoms with E-state index in [0.717, 1.165) is 11.8 Å². The van der Waals surface area contributed by atoms with Crippen molar-refractivity contribution in [2.75, 3.05) is 23.3 Å². The van der Waals surface area contributed by atoms with E-state index in [1.165, 1.54) is 16.6 Å². The fourth-order valence-corrected chi connectivity index (χ4v) is 3.53. The number of fused-ring (bicyclic) bond motifs is 1. The summed E-state index contributed by atoms with van der Waals surface area (Å²) in [6.45, 7) is 2.55. The lowest BCUT2D eigenvalue weighted by Gasteiger charge is -2.23. The minimum atomic E-state index is -4.42. The average molecular weight is 404 g/mol. The van der Waals surface area contributed by atoms with E-state index >= 15 is 0 Å². The Bertz CT molecular complexity index is 1050. The number of amides is 2. The molecule has 0 aliphatic carbocycles. The summed E-state index contributed by atoms with van der Waals surface area (Å²) < 4.78 is 41.3. The highest BCUT2D eigenvalue weighted by Gasteiger charge is 2.36. The number of nitrogens with one attached hydrogen (secondary N) is 2. The van der Waals surface area contributed by atoms with Crippen molar-refractivity contribution in [2.45, 2.75) is 25.6 Å². The summed E-state index contributed by atoms with van der Waals surface area (Å²) in [6, 6.07) is 8.18. The molecular formula is C19H19F3N6O. The monoisotopic (exact) mass is 404 g/mol. The number of hydrogen-bond donors (Lipinski definition) is 2. The van der Waals surface area contributed by atoms with Gasteiger partial charge in [0.25, 0.3) is 0 Å². The molecule has 1 unspecified atom stereocenters. The molecule has 4 rings (SSSR count). The van der Waals surface area contributed by atoms with Gasteiger partial charge in [0.15, 0.2) is 5.65 Å². The molecule has 3 heterocycles. The van der Waals surface area contributed by atoms with Crippen LogP contribution in [0, 0.1) is 6.92 Å². The summed E-state index contributed by atoms with van der Waals surface area (Å²) in [5, 5.41) is 9.83. The normalized spacial score (nSPS) is 17.0. The fourth-order valence-electron chi connectivity index (χ4n) is 3.53. The second-order valence-electron chi connectivity index (χ2n) is 6.93. The Labute approximate surface area is 164 Å². The number of alkyl halides is 3. The van der Waals surface area contributed by atoms with Gasteiger partial charge in [0.05, 0.1) is 11.3 Å². The highest BCUT2D eigenvalue weighted by molar-refractivity contribution is 5.88. The van der Waals surface area contributed by atoms with Gasteiger partial charge >= 0.3 is 12.2 Å². The van der Waals surface area contributed by atoms with Gasteiger partial charge < -0.3 is 10.2 Å².